The summed E-state index contributed by atoms with van der Waals surface area (Å²) in [6.45, 7) is 4.29. The van der Waals surface area contributed by atoms with Crippen LogP contribution in [0, 0.1) is 11.8 Å². The minimum atomic E-state index is -3.60. The van der Waals surface area contributed by atoms with Gasteiger partial charge in [0.25, 0.3) is 0 Å². The molecule has 1 aromatic heterocycles. The van der Waals surface area contributed by atoms with Crippen LogP contribution in [0.5, 0.6) is 0 Å². The minimum absolute atomic E-state index is 0.00924. The summed E-state index contributed by atoms with van der Waals surface area (Å²) in [5.74, 6) is 0.848. The van der Waals surface area contributed by atoms with E-state index in [1.54, 1.807) is 6.07 Å². The number of aromatic nitrogens is 1. The van der Waals surface area contributed by atoms with Crippen LogP contribution in [-0.2, 0) is 10.0 Å². The number of hydrogen-bond acceptors (Lipinski definition) is 3. The van der Waals surface area contributed by atoms with Gasteiger partial charge in [0.15, 0.2) is 0 Å². The number of rotatable bonds is 4. The molecule has 0 amide bonds. The van der Waals surface area contributed by atoms with Crippen LogP contribution in [-0.4, -0.2) is 19.4 Å². The molecule has 4 nitrogen and oxygen atoms in total. The summed E-state index contributed by atoms with van der Waals surface area (Å²) in [5, 5.41) is 0.0249. The molecule has 20 heavy (non-hydrogen) atoms. The van der Waals surface area contributed by atoms with E-state index in [0.29, 0.717) is 11.8 Å². The fraction of sp³-hybridized carbons (Fsp3) is 0.643. The summed E-state index contributed by atoms with van der Waals surface area (Å²) < 4.78 is 27.7. The molecule has 0 aromatic carbocycles. The molecular weight excluding hydrogens is 296 g/mol. The Morgan fingerprint density at radius 2 is 2.05 bits per heavy atom. The summed E-state index contributed by atoms with van der Waals surface area (Å²) in [6.07, 6.45) is 5.69. The molecule has 112 valence electrons. The van der Waals surface area contributed by atoms with Crippen molar-refractivity contribution in [1.29, 1.82) is 0 Å². The third-order valence-corrected chi connectivity index (χ3v) is 5.93. The second kappa shape index (κ2) is 6.41. The van der Waals surface area contributed by atoms with Gasteiger partial charge in [-0.3, -0.25) is 0 Å². The van der Waals surface area contributed by atoms with Crippen molar-refractivity contribution in [3.8, 4) is 0 Å². The van der Waals surface area contributed by atoms with E-state index in [-0.39, 0.29) is 16.1 Å². The lowest BCUT2D eigenvalue weighted by atomic mass is 9.78. The molecule has 1 heterocycles. The van der Waals surface area contributed by atoms with Crippen LogP contribution in [0.15, 0.2) is 23.2 Å². The quantitative estimate of drug-likeness (QED) is 0.868. The van der Waals surface area contributed by atoms with Gasteiger partial charge in [0, 0.05) is 12.2 Å². The molecule has 1 fully saturated rings. The van der Waals surface area contributed by atoms with Crippen LogP contribution in [0.1, 0.15) is 39.5 Å². The second-order valence-corrected chi connectivity index (χ2v) is 7.75. The number of hydrogen-bond donors (Lipinski definition) is 1. The zero-order valence-corrected chi connectivity index (χ0v) is 13.4. The Balaban J connectivity index is 2.21. The van der Waals surface area contributed by atoms with Crippen LogP contribution in [0.25, 0.3) is 0 Å². The molecule has 0 saturated heterocycles. The molecule has 0 radical (unpaired) electrons. The SMILES string of the molecule is CC(C)C1CCCCC1NS(=O)(=O)c1cccnc1Cl. The monoisotopic (exact) mass is 316 g/mol. The van der Waals surface area contributed by atoms with E-state index in [9.17, 15) is 8.42 Å². The maximum Gasteiger partial charge on any atom is 0.243 e. The molecular formula is C14H21ClN2O2S. The van der Waals surface area contributed by atoms with Crippen LogP contribution < -0.4 is 4.72 Å². The van der Waals surface area contributed by atoms with Crippen molar-refractivity contribution >= 4 is 21.6 Å². The standard InChI is InChI=1S/C14H21ClN2O2S/c1-10(2)11-6-3-4-7-12(11)17-20(18,19)13-8-5-9-16-14(13)15/h5,8-12,17H,3-4,6-7H2,1-2H3. The zero-order valence-electron chi connectivity index (χ0n) is 11.8. The summed E-state index contributed by atoms with van der Waals surface area (Å²) >= 11 is 5.90. The molecule has 2 rings (SSSR count). The molecule has 0 bridgehead atoms. The van der Waals surface area contributed by atoms with Crippen LogP contribution in [0.2, 0.25) is 5.15 Å². The van der Waals surface area contributed by atoms with Gasteiger partial charge in [0.2, 0.25) is 10.0 Å². The number of halogens is 1. The van der Waals surface area contributed by atoms with Gasteiger partial charge in [-0.05, 0) is 36.8 Å². The first-order valence-electron chi connectivity index (χ1n) is 7.04. The lowest BCUT2D eigenvalue weighted by Crippen LogP contribution is -2.43. The molecule has 1 aliphatic rings. The second-order valence-electron chi connectivity index (χ2n) is 5.71. The van der Waals surface area contributed by atoms with Gasteiger partial charge >= 0.3 is 0 Å². The lowest BCUT2D eigenvalue weighted by molar-refractivity contribution is 0.226. The van der Waals surface area contributed by atoms with Gasteiger partial charge in [-0.2, -0.15) is 0 Å². The Labute approximate surface area is 126 Å². The average molecular weight is 317 g/mol. The molecule has 1 saturated carbocycles. The van der Waals surface area contributed by atoms with Crippen LogP contribution >= 0.6 is 11.6 Å². The van der Waals surface area contributed by atoms with Crippen molar-refractivity contribution in [1.82, 2.24) is 9.71 Å². The maximum atomic E-state index is 12.5. The number of nitrogens with one attached hydrogen (secondary N) is 1. The highest BCUT2D eigenvalue weighted by Crippen LogP contribution is 2.31. The van der Waals surface area contributed by atoms with E-state index in [4.69, 9.17) is 11.6 Å². The molecule has 1 aromatic rings. The van der Waals surface area contributed by atoms with Crippen molar-refractivity contribution in [2.24, 2.45) is 11.8 Å². The first kappa shape index (κ1) is 15.7. The van der Waals surface area contributed by atoms with Crippen LogP contribution in [0.4, 0.5) is 0 Å². The lowest BCUT2D eigenvalue weighted by Gasteiger charge is -2.34. The largest absolute Gasteiger partial charge is 0.243 e. The molecule has 0 aliphatic heterocycles. The Bertz CT molecular complexity index is 560. The highest BCUT2D eigenvalue weighted by molar-refractivity contribution is 7.89. The topological polar surface area (TPSA) is 59.1 Å². The molecule has 2 atom stereocenters. The fourth-order valence-electron chi connectivity index (χ4n) is 2.94. The normalized spacial score (nSPS) is 24.0. The van der Waals surface area contributed by atoms with Crippen molar-refractivity contribution in [3.05, 3.63) is 23.5 Å². The smallest absolute Gasteiger partial charge is 0.243 e. The van der Waals surface area contributed by atoms with Crippen molar-refractivity contribution in [2.45, 2.75) is 50.5 Å². The Morgan fingerprint density at radius 1 is 1.35 bits per heavy atom. The first-order chi connectivity index (χ1) is 9.42. The van der Waals surface area contributed by atoms with E-state index in [1.807, 2.05) is 0 Å². The predicted octanol–water partition coefficient (Wildman–Crippen LogP) is 3.23. The molecule has 1 N–H and O–H groups in total. The third kappa shape index (κ3) is 3.51. The van der Waals surface area contributed by atoms with E-state index in [0.717, 1.165) is 19.3 Å². The zero-order chi connectivity index (χ0) is 14.8. The van der Waals surface area contributed by atoms with Crippen molar-refractivity contribution in [2.75, 3.05) is 0 Å². The third-order valence-electron chi connectivity index (χ3n) is 4.00. The first-order valence-corrected chi connectivity index (χ1v) is 8.91. The van der Waals surface area contributed by atoms with E-state index < -0.39 is 10.0 Å². The Kier molecular flexibility index (Phi) is 5.04. The molecule has 6 heteroatoms. The summed E-state index contributed by atoms with van der Waals surface area (Å²) in [6, 6.07) is 3.07. The number of pyridine rings is 1. The Morgan fingerprint density at radius 3 is 2.70 bits per heavy atom. The van der Waals surface area contributed by atoms with Gasteiger partial charge in [0.1, 0.15) is 10.0 Å². The van der Waals surface area contributed by atoms with Gasteiger partial charge < -0.3 is 0 Å². The predicted molar refractivity (Wildman–Crippen MR) is 80.2 cm³/mol. The van der Waals surface area contributed by atoms with E-state index in [2.05, 4.69) is 23.6 Å². The highest BCUT2D eigenvalue weighted by atomic mass is 35.5. The Hall–Kier alpha value is -0.650. The summed E-state index contributed by atoms with van der Waals surface area (Å²) in [5.41, 5.74) is 0. The average Bonchev–Trinajstić information content (AvgIpc) is 2.39. The van der Waals surface area contributed by atoms with E-state index >= 15 is 0 Å². The van der Waals surface area contributed by atoms with Crippen molar-refractivity contribution < 1.29 is 8.42 Å². The maximum absolute atomic E-state index is 12.5. The van der Waals surface area contributed by atoms with Gasteiger partial charge in [-0.15, -0.1) is 0 Å². The summed E-state index contributed by atoms with van der Waals surface area (Å²) in [7, 11) is -3.60. The van der Waals surface area contributed by atoms with E-state index in [1.165, 1.54) is 18.7 Å². The van der Waals surface area contributed by atoms with Gasteiger partial charge in [-0.1, -0.05) is 38.3 Å². The number of nitrogens with zero attached hydrogens (tertiary/aromatic N) is 1. The fourth-order valence-corrected chi connectivity index (χ4v) is 4.71. The van der Waals surface area contributed by atoms with Crippen molar-refractivity contribution in [3.63, 3.8) is 0 Å². The highest BCUT2D eigenvalue weighted by Gasteiger charge is 2.32. The van der Waals surface area contributed by atoms with Crippen LogP contribution in [0.3, 0.4) is 0 Å². The minimum Gasteiger partial charge on any atom is -0.243 e. The molecule has 0 spiro atoms. The molecule has 2 unspecified atom stereocenters. The summed E-state index contributed by atoms with van der Waals surface area (Å²) in [4.78, 5) is 3.90. The number of sulfonamides is 1. The van der Waals surface area contributed by atoms with Gasteiger partial charge in [0.05, 0.1) is 0 Å². The van der Waals surface area contributed by atoms with Gasteiger partial charge in [-0.25, -0.2) is 18.1 Å². The molecule has 1 aliphatic carbocycles.